The van der Waals surface area contributed by atoms with Crippen LogP contribution in [0.2, 0.25) is 0 Å². The predicted octanol–water partition coefficient (Wildman–Crippen LogP) is 3.62. The second kappa shape index (κ2) is 6.93. The van der Waals surface area contributed by atoms with Crippen LogP contribution in [0.15, 0.2) is 12.1 Å². The molecule has 0 atom stereocenters. The summed E-state index contributed by atoms with van der Waals surface area (Å²) >= 11 is 0. The van der Waals surface area contributed by atoms with Crippen molar-refractivity contribution in [2.45, 2.75) is 32.6 Å². The molecule has 100 valence electrons. The average Bonchev–Trinajstić information content (AvgIpc) is 2.33. The van der Waals surface area contributed by atoms with Crippen molar-refractivity contribution >= 4 is 5.97 Å². The van der Waals surface area contributed by atoms with Gasteiger partial charge in [-0.1, -0.05) is 26.2 Å². The molecule has 0 aliphatic heterocycles. The van der Waals surface area contributed by atoms with Crippen LogP contribution in [0.4, 0.5) is 8.78 Å². The van der Waals surface area contributed by atoms with Gasteiger partial charge in [-0.25, -0.2) is 9.18 Å². The third kappa shape index (κ3) is 3.68. The third-order valence-electron chi connectivity index (χ3n) is 2.53. The van der Waals surface area contributed by atoms with Crippen LogP contribution in [0.1, 0.15) is 43.0 Å². The molecule has 3 nitrogen and oxygen atoms in total. The van der Waals surface area contributed by atoms with Crippen molar-refractivity contribution in [2.24, 2.45) is 0 Å². The lowest BCUT2D eigenvalue weighted by atomic mass is 10.2. The van der Waals surface area contributed by atoms with E-state index in [9.17, 15) is 13.6 Å². The molecule has 1 aromatic carbocycles. The van der Waals surface area contributed by atoms with Gasteiger partial charge in [-0.15, -0.1) is 0 Å². The number of carbonyl (C=O) groups is 1. The lowest BCUT2D eigenvalue weighted by molar-refractivity contribution is 0.0690. The maximum atomic E-state index is 13.4. The standard InChI is InChI=1S/C13H16F2O3/c1-2-3-4-5-8-18-10-7-6-9(13(16)17)11(14)12(10)15/h6-7H,2-5,8H2,1H3,(H,16,17). The van der Waals surface area contributed by atoms with E-state index in [1.54, 1.807) is 0 Å². The number of aromatic carboxylic acids is 1. The molecule has 0 aliphatic rings. The van der Waals surface area contributed by atoms with Gasteiger partial charge in [0.05, 0.1) is 12.2 Å². The summed E-state index contributed by atoms with van der Waals surface area (Å²) in [6.07, 6.45) is 3.87. The molecule has 1 N–H and O–H groups in total. The van der Waals surface area contributed by atoms with E-state index in [4.69, 9.17) is 9.84 Å². The Morgan fingerprint density at radius 1 is 1.22 bits per heavy atom. The van der Waals surface area contributed by atoms with Crippen LogP contribution in [0.5, 0.6) is 5.75 Å². The van der Waals surface area contributed by atoms with E-state index in [1.807, 2.05) is 0 Å². The Balaban J connectivity index is 2.62. The predicted molar refractivity (Wildman–Crippen MR) is 63.0 cm³/mol. The summed E-state index contributed by atoms with van der Waals surface area (Å²) < 4.78 is 31.8. The van der Waals surface area contributed by atoms with Crippen LogP contribution >= 0.6 is 0 Å². The summed E-state index contributed by atoms with van der Waals surface area (Å²) in [6.45, 7) is 2.36. The molecule has 0 saturated carbocycles. The largest absolute Gasteiger partial charge is 0.490 e. The zero-order chi connectivity index (χ0) is 13.5. The highest BCUT2D eigenvalue weighted by Gasteiger charge is 2.18. The molecule has 1 rings (SSSR count). The van der Waals surface area contributed by atoms with E-state index >= 15 is 0 Å². The van der Waals surface area contributed by atoms with Crippen molar-refractivity contribution in [3.8, 4) is 5.75 Å². The van der Waals surface area contributed by atoms with Crippen LogP contribution in [0.3, 0.4) is 0 Å². The first-order valence-electron chi connectivity index (χ1n) is 5.92. The summed E-state index contributed by atoms with van der Waals surface area (Å²) in [5, 5.41) is 8.61. The number of rotatable bonds is 7. The Kier molecular flexibility index (Phi) is 5.55. The maximum Gasteiger partial charge on any atom is 0.338 e. The van der Waals surface area contributed by atoms with Gasteiger partial charge in [0, 0.05) is 0 Å². The topological polar surface area (TPSA) is 46.5 Å². The fraction of sp³-hybridized carbons (Fsp3) is 0.462. The Morgan fingerprint density at radius 2 is 1.94 bits per heavy atom. The number of carboxylic acids is 1. The summed E-state index contributed by atoms with van der Waals surface area (Å²) in [5.41, 5.74) is -0.689. The van der Waals surface area contributed by atoms with Crippen LogP contribution in [0, 0.1) is 11.6 Å². The lowest BCUT2D eigenvalue weighted by Gasteiger charge is -2.08. The number of unbranched alkanes of at least 4 members (excludes halogenated alkanes) is 3. The normalized spacial score (nSPS) is 10.4. The van der Waals surface area contributed by atoms with E-state index in [2.05, 4.69) is 6.92 Å². The van der Waals surface area contributed by atoms with Gasteiger partial charge in [0.25, 0.3) is 0 Å². The zero-order valence-electron chi connectivity index (χ0n) is 10.2. The Labute approximate surface area is 104 Å². The minimum atomic E-state index is -1.50. The molecule has 5 heteroatoms. The molecule has 0 aromatic heterocycles. The summed E-state index contributed by atoms with van der Waals surface area (Å²) in [4.78, 5) is 10.6. The quantitative estimate of drug-likeness (QED) is 0.760. The summed E-state index contributed by atoms with van der Waals surface area (Å²) in [5.74, 6) is -4.37. The van der Waals surface area contributed by atoms with Gasteiger partial charge in [0.2, 0.25) is 5.82 Å². The summed E-state index contributed by atoms with van der Waals surface area (Å²) in [6, 6.07) is 2.14. The van der Waals surface area contributed by atoms with Crippen molar-refractivity contribution in [1.82, 2.24) is 0 Å². The number of ether oxygens (including phenoxy) is 1. The van der Waals surface area contributed by atoms with Crippen LogP contribution < -0.4 is 4.74 Å². The van der Waals surface area contributed by atoms with Gasteiger partial charge >= 0.3 is 5.97 Å². The van der Waals surface area contributed by atoms with Crippen LogP contribution in [0.25, 0.3) is 0 Å². The number of halogens is 2. The van der Waals surface area contributed by atoms with Gasteiger partial charge in [0.15, 0.2) is 11.6 Å². The van der Waals surface area contributed by atoms with E-state index in [0.717, 1.165) is 37.8 Å². The molecule has 1 aromatic rings. The highest BCUT2D eigenvalue weighted by Crippen LogP contribution is 2.23. The fourth-order valence-electron chi connectivity index (χ4n) is 1.52. The van der Waals surface area contributed by atoms with Gasteiger partial charge < -0.3 is 9.84 Å². The molecule has 0 aliphatic carbocycles. The highest BCUT2D eigenvalue weighted by molar-refractivity contribution is 5.88. The Morgan fingerprint density at radius 3 is 2.56 bits per heavy atom. The monoisotopic (exact) mass is 258 g/mol. The number of benzene rings is 1. The van der Waals surface area contributed by atoms with Crippen molar-refractivity contribution in [2.75, 3.05) is 6.61 Å². The third-order valence-corrected chi connectivity index (χ3v) is 2.53. The van der Waals surface area contributed by atoms with E-state index < -0.39 is 23.2 Å². The molecular weight excluding hydrogens is 242 g/mol. The fourth-order valence-corrected chi connectivity index (χ4v) is 1.52. The van der Waals surface area contributed by atoms with Crippen molar-refractivity contribution in [1.29, 1.82) is 0 Å². The molecule has 0 bridgehead atoms. The zero-order valence-corrected chi connectivity index (χ0v) is 10.2. The molecule has 18 heavy (non-hydrogen) atoms. The van der Waals surface area contributed by atoms with E-state index in [-0.39, 0.29) is 5.75 Å². The first-order chi connectivity index (χ1) is 8.57. The van der Waals surface area contributed by atoms with Crippen LogP contribution in [-0.4, -0.2) is 17.7 Å². The van der Waals surface area contributed by atoms with Gasteiger partial charge in [-0.3, -0.25) is 0 Å². The minimum absolute atomic E-state index is 0.242. The van der Waals surface area contributed by atoms with Gasteiger partial charge in [0.1, 0.15) is 0 Å². The van der Waals surface area contributed by atoms with Crippen molar-refractivity contribution < 1.29 is 23.4 Å². The smallest absolute Gasteiger partial charge is 0.338 e. The molecule has 0 fully saturated rings. The van der Waals surface area contributed by atoms with E-state index in [0.29, 0.717) is 6.61 Å². The van der Waals surface area contributed by atoms with Gasteiger partial charge in [-0.2, -0.15) is 4.39 Å². The summed E-state index contributed by atoms with van der Waals surface area (Å²) in [7, 11) is 0. The first-order valence-corrected chi connectivity index (χ1v) is 5.92. The highest BCUT2D eigenvalue weighted by atomic mass is 19.2. The molecule has 0 saturated heterocycles. The SMILES string of the molecule is CCCCCCOc1ccc(C(=O)O)c(F)c1F. The molecular formula is C13H16F2O3. The molecule has 0 spiro atoms. The maximum absolute atomic E-state index is 13.4. The Hall–Kier alpha value is -1.65. The number of hydrogen-bond donors (Lipinski definition) is 1. The second-order valence-electron chi connectivity index (χ2n) is 3.95. The first kappa shape index (κ1) is 14.4. The number of carboxylic acid groups (broad SMARTS) is 1. The number of hydrogen-bond acceptors (Lipinski definition) is 2. The van der Waals surface area contributed by atoms with Crippen LogP contribution in [-0.2, 0) is 0 Å². The average molecular weight is 258 g/mol. The van der Waals surface area contributed by atoms with Gasteiger partial charge in [-0.05, 0) is 18.6 Å². The lowest BCUT2D eigenvalue weighted by Crippen LogP contribution is -2.06. The molecule has 0 unspecified atom stereocenters. The Bertz CT molecular complexity index is 419. The van der Waals surface area contributed by atoms with Crippen molar-refractivity contribution in [3.05, 3.63) is 29.3 Å². The molecule has 0 heterocycles. The molecule has 0 amide bonds. The van der Waals surface area contributed by atoms with Crippen molar-refractivity contribution in [3.63, 3.8) is 0 Å². The minimum Gasteiger partial charge on any atom is -0.490 e. The van der Waals surface area contributed by atoms with E-state index in [1.165, 1.54) is 0 Å². The second-order valence-corrected chi connectivity index (χ2v) is 3.95. The molecule has 0 radical (unpaired) electrons.